The van der Waals surface area contributed by atoms with E-state index in [9.17, 15) is 0 Å². The molecule has 0 saturated carbocycles. The maximum atomic E-state index is 7.49. The zero-order valence-electron chi connectivity index (χ0n) is 10.1. The summed E-state index contributed by atoms with van der Waals surface area (Å²) >= 11 is 6.03. The molecule has 0 amide bonds. The van der Waals surface area contributed by atoms with E-state index in [1.807, 2.05) is 37.3 Å². The number of nitrogens with zero attached hydrogens (tertiary/aromatic N) is 2. The minimum absolute atomic E-state index is 0.0881. The molecule has 0 aliphatic rings. The van der Waals surface area contributed by atoms with Crippen LogP contribution in [0.2, 0.25) is 5.02 Å². The zero-order valence-corrected chi connectivity index (χ0v) is 10.9. The summed E-state index contributed by atoms with van der Waals surface area (Å²) in [6, 6.07) is 9.78. The van der Waals surface area contributed by atoms with Gasteiger partial charge >= 0.3 is 0 Å². The van der Waals surface area contributed by atoms with Gasteiger partial charge in [-0.2, -0.15) is 5.10 Å². The molecule has 4 nitrogen and oxygen atoms in total. The third kappa shape index (κ3) is 2.71. The molecule has 1 atom stereocenters. The number of benzene rings is 1. The molecule has 1 aromatic carbocycles. The van der Waals surface area contributed by atoms with Gasteiger partial charge in [0.05, 0.1) is 22.6 Å². The molecule has 0 bridgehead atoms. The summed E-state index contributed by atoms with van der Waals surface area (Å²) in [7, 11) is 0. The number of hydrogen-bond donors (Lipinski definition) is 2. The first-order valence-electron chi connectivity index (χ1n) is 5.67. The van der Waals surface area contributed by atoms with Crippen LogP contribution in [0.15, 0.2) is 36.5 Å². The Morgan fingerprint density at radius 3 is 2.61 bits per heavy atom. The first-order valence-corrected chi connectivity index (χ1v) is 6.05. The topological polar surface area (TPSA) is 67.7 Å². The lowest BCUT2D eigenvalue weighted by Gasteiger charge is -2.17. The molecule has 2 aromatic rings. The maximum absolute atomic E-state index is 7.49. The largest absolute Gasteiger partial charge is 0.388 e. The second-order valence-electron chi connectivity index (χ2n) is 4.20. The standard InChI is InChI=1S/C13H15ClN4/c1-9-11(14)8-18(17-9)12(7-13(15)16)10-5-3-2-4-6-10/h2-6,8,12H,7H2,1H3,(H3,15,16). The van der Waals surface area contributed by atoms with Gasteiger partial charge in [-0.25, -0.2) is 0 Å². The molecule has 0 aliphatic heterocycles. The van der Waals surface area contributed by atoms with Crippen molar-refractivity contribution in [1.82, 2.24) is 9.78 Å². The Balaban J connectivity index is 2.39. The summed E-state index contributed by atoms with van der Waals surface area (Å²) in [5.41, 5.74) is 7.36. The number of aryl methyl sites for hydroxylation is 1. The summed E-state index contributed by atoms with van der Waals surface area (Å²) < 4.78 is 1.77. The highest BCUT2D eigenvalue weighted by atomic mass is 35.5. The Kier molecular flexibility index (Phi) is 3.67. The predicted octanol–water partition coefficient (Wildman–Crippen LogP) is 2.76. The van der Waals surface area contributed by atoms with Crippen LogP contribution in [0.25, 0.3) is 0 Å². The van der Waals surface area contributed by atoms with Crippen LogP contribution in [0.4, 0.5) is 0 Å². The minimum atomic E-state index is -0.0881. The van der Waals surface area contributed by atoms with Crippen molar-refractivity contribution >= 4 is 17.4 Å². The van der Waals surface area contributed by atoms with E-state index in [1.165, 1.54) is 0 Å². The van der Waals surface area contributed by atoms with E-state index in [2.05, 4.69) is 5.10 Å². The lowest BCUT2D eigenvalue weighted by Crippen LogP contribution is -2.20. The predicted molar refractivity (Wildman–Crippen MR) is 73.1 cm³/mol. The van der Waals surface area contributed by atoms with Crippen LogP contribution in [-0.4, -0.2) is 15.6 Å². The molecule has 0 fully saturated rings. The Labute approximate surface area is 111 Å². The number of nitrogens with one attached hydrogen (secondary N) is 1. The van der Waals surface area contributed by atoms with Gasteiger partial charge in [-0.15, -0.1) is 0 Å². The average Bonchev–Trinajstić information content (AvgIpc) is 2.67. The molecule has 1 aromatic heterocycles. The van der Waals surface area contributed by atoms with Gasteiger partial charge in [0.2, 0.25) is 0 Å². The fourth-order valence-corrected chi connectivity index (χ4v) is 2.00. The van der Waals surface area contributed by atoms with E-state index in [-0.39, 0.29) is 11.9 Å². The first kappa shape index (κ1) is 12.6. The molecule has 0 saturated heterocycles. The molecule has 0 aliphatic carbocycles. The molecule has 3 N–H and O–H groups in total. The highest BCUT2D eigenvalue weighted by Crippen LogP contribution is 2.24. The van der Waals surface area contributed by atoms with Gasteiger partial charge in [0.25, 0.3) is 0 Å². The fourth-order valence-electron chi connectivity index (χ4n) is 1.87. The van der Waals surface area contributed by atoms with E-state index in [4.69, 9.17) is 22.7 Å². The van der Waals surface area contributed by atoms with E-state index in [0.29, 0.717) is 11.4 Å². The molecule has 1 heterocycles. The van der Waals surface area contributed by atoms with Gasteiger partial charge < -0.3 is 5.73 Å². The van der Waals surface area contributed by atoms with Crippen LogP contribution in [0.3, 0.4) is 0 Å². The molecule has 2 rings (SSSR count). The van der Waals surface area contributed by atoms with Crippen molar-refractivity contribution in [3.63, 3.8) is 0 Å². The van der Waals surface area contributed by atoms with E-state index in [1.54, 1.807) is 10.9 Å². The van der Waals surface area contributed by atoms with Gasteiger partial charge in [-0.3, -0.25) is 10.1 Å². The highest BCUT2D eigenvalue weighted by molar-refractivity contribution is 6.31. The van der Waals surface area contributed by atoms with Crippen LogP contribution in [0, 0.1) is 12.3 Å². The normalized spacial score (nSPS) is 12.3. The van der Waals surface area contributed by atoms with Gasteiger partial charge in [0.15, 0.2) is 0 Å². The molecule has 94 valence electrons. The van der Waals surface area contributed by atoms with Crippen LogP contribution >= 0.6 is 11.6 Å². The molecule has 5 heteroatoms. The van der Waals surface area contributed by atoms with Gasteiger partial charge in [-0.1, -0.05) is 41.9 Å². The van der Waals surface area contributed by atoms with Crippen molar-refractivity contribution in [2.24, 2.45) is 5.73 Å². The Morgan fingerprint density at radius 1 is 1.44 bits per heavy atom. The van der Waals surface area contributed by atoms with Crippen LogP contribution in [-0.2, 0) is 0 Å². The number of rotatable bonds is 4. The number of hydrogen-bond acceptors (Lipinski definition) is 2. The van der Waals surface area contributed by atoms with Gasteiger partial charge in [0, 0.05) is 12.6 Å². The molecule has 0 radical (unpaired) electrons. The molecule has 0 spiro atoms. The highest BCUT2D eigenvalue weighted by Gasteiger charge is 2.17. The summed E-state index contributed by atoms with van der Waals surface area (Å²) in [5.74, 6) is 0.133. The lowest BCUT2D eigenvalue weighted by molar-refractivity contribution is 0.533. The summed E-state index contributed by atoms with van der Waals surface area (Å²) in [5, 5.41) is 12.5. The van der Waals surface area contributed by atoms with E-state index in [0.717, 1.165) is 11.3 Å². The third-order valence-corrected chi connectivity index (χ3v) is 3.14. The Hall–Kier alpha value is -1.81. The SMILES string of the molecule is Cc1nn(C(CC(=N)N)c2ccccc2)cc1Cl. The number of halogens is 1. The number of nitrogens with two attached hydrogens (primary N) is 1. The molecular formula is C13H15ClN4. The molecule has 18 heavy (non-hydrogen) atoms. The smallest absolute Gasteiger partial charge is 0.0930 e. The molecule has 1 unspecified atom stereocenters. The third-order valence-electron chi connectivity index (χ3n) is 2.77. The number of amidine groups is 1. The molecular weight excluding hydrogens is 248 g/mol. The van der Waals surface area contributed by atoms with Crippen molar-refractivity contribution in [2.75, 3.05) is 0 Å². The minimum Gasteiger partial charge on any atom is -0.388 e. The van der Waals surface area contributed by atoms with Crippen molar-refractivity contribution < 1.29 is 0 Å². The summed E-state index contributed by atoms with van der Waals surface area (Å²) in [4.78, 5) is 0. The summed E-state index contributed by atoms with van der Waals surface area (Å²) in [6.45, 7) is 1.86. The second-order valence-corrected chi connectivity index (χ2v) is 4.61. The van der Waals surface area contributed by atoms with E-state index >= 15 is 0 Å². The van der Waals surface area contributed by atoms with Gasteiger partial charge in [-0.05, 0) is 12.5 Å². The van der Waals surface area contributed by atoms with Crippen molar-refractivity contribution in [1.29, 1.82) is 5.41 Å². The summed E-state index contributed by atoms with van der Waals surface area (Å²) in [6.07, 6.45) is 2.19. The van der Waals surface area contributed by atoms with E-state index < -0.39 is 0 Å². The first-order chi connectivity index (χ1) is 8.58. The lowest BCUT2D eigenvalue weighted by atomic mass is 10.0. The fraction of sp³-hybridized carbons (Fsp3) is 0.231. The van der Waals surface area contributed by atoms with Crippen LogP contribution in [0.1, 0.15) is 23.7 Å². The van der Waals surface area contributed by atoms with Gasteiger partial charge in [0.1, 0.15) is 0 Å². The second kappa shape index (κ2) is 5.23. The Morgan fingerprint density at radius 2 is 2.11 bits per heavy atom. The van der Waals surface area contributed by atoms with Crippen molar-refractivity contribution in [2.45, 2.75) is 19.4 Å². The average molecular weight is 263 g/mol. The van der Waals surface area contributed by atoms with Crippen LogP contribution in [0.5, 0.6) is 0 Å². The zero-order chi connectivity index (χ0) is 13.1. The van der Waals surface area contributed by atoms with Crippen LogP contribution < -0.4 is 5.73 Å². The Bertz CT molecular complexity index is 528. The quantitative estimate of drug-likeness (QED) is 0.657. The van der Waals surface area contributed by atoms with Crippen molar-refractivity contribution in [3.05, 3.63) is 52.8 Å². The monoisotopic (exact) mass is 262 g/mol. The maximum Gasteiger partial charge on any atom is 0.0930 e. The van der Waals surface area contributed by atoms with Crippen molar-refractivity contribution in [3.8, 4) is 0 Å². The number of aromatic nitrogens is 2.